The van der Waals surface area contributed by atoms with Gasteiger partial charge in [0.05, 0.1) is 12.7 Å². The summed E-state index contributed by atoms with van der Waals surface area (Å²) < 4.78 is 5.09. The number of aromatic nitrogens is 1. The minimum Gasteiger partial charge on any atom is -0.497 e. The molecule has 0 amide bonds. The molecule has 0 saturated heterocycles. The van der Waals surface area contributed by atoms with Crippen molar-refractivity contribution in [2.45, 2.75) is 0 Å². The van der Waals surface area contributed by atoms with Gasteiger partial charge in [0.2, 0.25) is 0 Å². The van der Waals surface area contributed by atoms with E-state index < -0.39 is 0 Å². The molecule has 2 rings (SSSR count). The van der Waals surface area contributed by atoms with Gasteiger partial charge in [-0.25, -0.2) is 4.98 Å². The van der Waals surface area contributed by atoms with Crippen molar-refractivity contribution >= 4 is 22.4 Å². The molecule has 1 aromatic carbocycles. The highest BCUT2D eigenvalue weighted by Gasteiger charge is 2.07. The molecule has 0 saturated carbocycles. The minimum absolute atomic E-state index is 0.221. The van der Waals surface area contributed by atoms with Crippen molar-refractivity contribution in [1.29, 1.82) is 5.26 Å². The third-order valence-corrected chi connectivity index (χ3v) is 2.45. The van der Waals surface area contributed by atoms with Crippen LogP contribution in [0, 0.1) is 11.3 Å². The van der Waals surface area contributed by atoms with Crippen LogP contribution in [0.25, 0.3) is 10.8 Å². The van der Waals surface area contributed by atoms with Gasteiger partial charge in [-0.15, -0.1) is 0 Å². The van der Waals surface area contributed by atoms with Crippen molar-refractivity contribution in [3.8, 4) is 11.8 Å². The summed E-state index contributed by atoms with van der Waals surface area (Å²) in [6.07, 6.45) is 1.64. The Bertz CT molecular complexity index is 560. The molecular weight excluding hydrogens is 212 g/mol. The highest BCUT2D eigenvalue weighted by atomic mass is 35.5. The van der Waals surface area contributed by atoms with Crippen LogP contribution in [0.15, 0.2) is 24.4 Å². The first-order chi connectivity index (χ1) is 7.26. The lowest BCUT2D eigenvalue weighted by Crippen LogP contribution is -1.88. The Hall–Kier alpha value is -1.79. The van der Waals surface area contributed by atoms with Crippen LogP contribution in [0.4, 0.5) is 0 Å². The van der Waals surface area contributed by atoms with Gasteiger partial charge in [-0.2, -0.15) is 5.26 Å². The number of nitriles is 1. The van der Waals surface area contributed by atoms with E-state index in [0.29, 0.717) is 11.3 Å². The van der Waals surface area contributed by atoms with Gasteiger partial charge >= 0.3 is 0 Å². The number of benzene rings is 1. The van der Waals surface area contributed by atoms with E-state index in [4.69, 9.17) is 21.6 Å². The molecule has 0 radical (unpaired) electrons. The summed E-state index contributed by atoms with van der Waals surface area (Å²) in [5.74, 6) is 0.696. The number of hydrogen-bond acceptors (Lipinski definition) is 3. The molecule has 3 nitrogen and oxygen atoms in total. The zero-order valence-corrected chi connectivity index (χ0v) is 8.75. The van der Waals surface area contributed by atoms with Crippen LogP contribution in [0.2, 0.25) is 5.15 Å². The van der Waals surface area contributed by atoms with E-state index in [0.717, 1.165) is 10.8 Å². The maximum absolute atomic E-state index is 8.96. The topological polar surface area (TPSA) is 45.9 Å². The molecular formula is C11H7ClN2O. The van der Waals surface area contributed by atoms with Crippen LogP contribution in [0.1, 0.15) is 5.56 Å². The number of hydrogen-bond donors (Lipinski definition) is 0. The Morgan fingerprint density at radius 1 is 1.47 bits per heavy atom. The van der Waals surface area contributed by atoms with E-state index >= 15 is 0 Å². The Kier molecular flexibility index (Phi) is 2.44. The van der Waals surface area contributed by atoms with Crippen LogP contribution in [-0.2, 0) is 0 Å². The van der Waals surface area contributed by atoms with Crippen LogP contribution < -0.4 is 4.74 Å². The molecule has 4 heteroatoms. The molecule has 0 unspecified atom stereocenters. The largest absolute Gasteiger partial charge is 0.497 e. The fourth-order valence-corrected chi connectivity index (χ4v) is 1.59. The average molecular weight is 219 g/mol. The molecule has 15 heavy (non-hydrogen) atoms. The average Bonchev–Trinajstić information content (AvgIpc) is 2.28. The molecule has 0 atom stereocenters. The van der Waals surface area contributed by atoms with Gasteiger partial charge in [-0.3, -0.25) is 0 Å². The highest BCUT2D eigenvalue weighted by molar-refractivity contribution is 6.31. The Balaban J connectivity index is 2.83. The van der Waals surface area contributed by atoms with Crippen molar-refractivity contribution in [2.75, 3.05) is 7.11 Å². The summed E-state index contributed by atoms with van der Waals surface area (Å²) in [4.78, 5) is 3.94. The monoisotopic (exact) mass is 218 g/mol. The maximum atomic E-state index is 8.96. The lowest BCUT2D eigenvalue weighted by Gasteiger charge is -2.04. The summed E-state index contributed by atoms with van der Waals surface area (Å²) in [6, 6.07) is 7.48. The van der Waals surface area contributed by atoms with E-state index in [9.17, 15) is 0 Å². The molecule has 0 bridgehead atoms. The maximum Gasteiger partial charge on any atom is 0.147 e. The van der Waals surface area contributed by atoms with Crippen molar-refractivity contribution in [3.63, 3.8) is 0 Å². The quantitative estimate of drug-likeness (QED) is 0.692. The van der Waals surface area contributed by atoms with E-state index in [1.807, 2.05) is 18.2 Å². The zero-order valence-electron chi connectivity index (χ0n) is 7.99. The predicted octanol–water partition coefficient (Wildman–Crippen LogP) is 2.77. The number of ether oxygens (including phenoxy) is 1. The van der Waals surface area contributed by atoms with Gasteiger partial charge in [-0.05, 0) is 18.2 Å². The Morgan fingerprint density at radius 3 is 2.93 bits per heavy atom. The minimum atomic E-state index is 0.221. The lowest BCUT2D eigenvalue weighted by atomic mass is 10.1. The first-order valence-corrected chi connectivity index (χ1v) is 4.66. The van der Waals surface area contributed by atoms with Crippen molar-refractivity contribution in [2.24, 2.45) is 0 Å². The van der Waals surface area contributed by atoms with Crippen LogP contribution in [0.5, 0.6) is 5.75 Å². The SMILES string of the molecule is COc1ccc2cnc(Cl)c(C#N)c2c1. The molecule has 0 aliphatic rings. The third-order valence-electron chi connectivity index (χ3n) is 2.16. The second-order valence-corrected chi connectivity index (χ2v) is 3.35. The van der Waals surface area contributed by atoms with Gasteiger partial charge in [0.25, 0.3) is 0 Å². The number of pyridine rings is 1. The molecule has 0 spiro atoms. The fourth-order valence-electron chi connectivity index (χ4n) is 1.40. The van der Waals surface area contributed by atoms with Crippen LogP contribution in [0.3, 0.4) is 0 Å². The standard InChI is InChI=1S/C11H7ClN2O/c1-15-8-3-2-7-6-14-11(12)10(5-13)9(7)4-8/h2-4,6H,1H3. The predicted molar refractivity (Wildman–Crippen MR) is 58.0 cm³/mol. The highest BCUT2D eigenvalue weighted by Crippen LogP contribution is 2.26. The molecule has 0 fully saturated rings. The smallest absolute Gasteiger partial charge is 0.147 e. The Labute approximate surface area is 91.9 Å². The third kappa shape index (κ3) is 1.60. The second-order valence-electron chi connectivity index (χ2n) is 2.99. The van der Waals surface area contributed by atoms with Crippen molar-refractivity contribution < 1.29 is 4.74 Å². The molecule has 0 aliphatic heterocycles. The summed E-state index contributed by atoms with van der Waals surface area (Å²) in [7, 11) is 1.58. The summed E-state index contributed by atoms with van der Waals surface area (Å²) in [5.41, 5.74) is 0.382. The molecule has 1 heterocycles. The molecule has 74 valence electrons. The van der Waals surface area contributed by atoms with E-state index in [1.54, 1.807) is 19.4 Å². The van der Waals surface area contributed by atoms with Crippen molar-refractivity contribution in [1.82, 2.24) is 4.98 Å². The summed E-state index contributed by atoms with van der Waals surface area (Å²) >= 11 is 5.82. The van der Waals surface area contributed by atoms with Crippen LogP contribution >= 0.6 is 11.6 Å². The van der Waals surface area contributed by atoms with Gasteiger partial charge < -0.3 is 4.74 Å². The second kappa shape index (κ2) is 3.76. The number of halogens is 1. The fraction of sp³-hybridized carbons (Fsp3) is 0.0909. The summed E-state index contributed by atoms with van der Waals surface area (Å²) in [5, 5.41) is 10.8. The van der Waals surface area contributed by atoms with Gasteiger partial charge in [0.15, 0.2) is 0 Å². The van der Waals surface area contributed by atoms with Gasteiger partial charge in [0, 0.05) is 17.0 Å². The van der Waals surface area contributed by atoms with Gasteiger partial charge in [-0.1, -0.05) is 11.6 Å². The molecule has 2 aromatic rings. The molecule has 1 aromatic heterocycles. The number of methoxy groups -OCH3 is 1. The van der Waals surface area contributed by atoms with Crippen LogP contribution in [-0.4, -0.2) is 12.1 Å². The normalized spacial score (nSPS) is 9.93. The van der Waals surface area contributed by atoms with E-state index in [-0.39, 0.29) is 5.15 Å². The van der Waals surface area contributed by atoms with Gasteiger partial charge in [0.1, 0.15) is 17.0 Å². The number of nitrogens with zero attached hydrogens (tertiary/aromatic N) is 2. The summed E-state index contributed by atoms with van der Waals surface area (Å²) in [6.45, 7) is 0. The number of rotatable bonds is 1. The Morgan fingerprint density at radius 2 is 2.27 bits per heavy atom. The number of fused-ring (bicyclic) bond motifs is 1. The first-order valence-electron chi connectivity index (χ1n) is 4.28. The van der Waals surface area contributed by atoms with Crippen molar-refractivity contribution in [3.05, 3.63) is 35.1 Å². The lowest BCUT2D eigenvalue weighted by molar-refractivity contribution is 0.415. The molecule has 0 N–H and O–H groups in total. The van der Waals surface area contributed by atoms with E-state index in [2.05, 4.69) is 4.98 Å². The first kappa shape index (κ1) is 9.75. The zero-order chi connectivity index (χ0) is 10.8. The van der Waals surface area contributed by atoms with E-state index in [1.165, 1.54) is 0 Å². The molecule has 0 aliphatic carbocycles.